The summed E-state index contributed by atoms with van der Waals surface area (Å²) in [6.07, 6.45) is 1.57. The van der Waals surface area contributed by atoms with Crippen molar-refractivity contribution in [2.24, 2.45) is 0 Å². The lowest BCUT2D eigenvalue weighted by molar-refractivity contribution is -0.0499. The van der Waals surface area contributed by atoms with Crippen LogP contribution in [0.2, 0.25) is 5.02 Å². The molecule has 214 valence electrons. The van der Waals surface area contributed by atoms with Crippen LogP contribution in [0.1, 0.15) is 33.6 Å². The number of pyridine rings is 1. The highest BCUT2D eigenvalue weighted by atomic mass is 35.5. The SMILES string of the molecule is COC(=O)c1ccc2nn(Cc3ccc(-c4cccc(OCc5ccc(Cl)cc5F)n4)cc3F)c(CC3CCO3)c2c1. The van der Waals surface area contributed by atoms with E-state index in [1.54, 1.807) is 65.3 Å². The van der Waals surface area contributed by atoms with Gasteiger partial charge >= 0.3 is 5.97 Å². The van der Waals surface area contributed by atoms with E-state index in [4.69, 9.17) is 30.9 Å². The van der Waals surface area contributed by atoms with Crippen molar-refractivity contribution in [2.45, 2.75) is 32.1 Å². The number of rotatable bonds is 9. The summed E-state index contributed by atoms with van der Waals surface area (Å²) in [4.78, 5) is 16.6. The van der Waals surface area contributed by atoms with E-state index in [0.29, 0.717) is 51.5 Å². The van der Waals surface area contributed by atoms with Gasteiger partial charge in [0.2, 0.25) is 5.88 Å². The van der Waals surface area contributed by atoms with Crippen LogP contribution in [0.4, 0.5) is 8.78 Å². The Morgan fingerprint density at radius 1 is 1.05 bits per heavy atom. The maximum atomic E-state index is 15.5. The van der Waals surface area contributed by atoms with Crippen molar-refractivity contribution in [3.05, 3.63) is 112 Å². The largest absolute Gasteiger partial charge is 0.473 e. The highest BCUT2D eigenvalue weighted by molar-refractivity contribution is 6.30. The molecular weight excluding hydrogens is 564 g/mol. The molecule has 1 atom stereocenters. The molecule has 10 heteroatoms. The third-order valence-electron chi connectivity index (χ3n) is 7.27. The summed E-state index contributed by atoms with van der Waals surface area (Å²) < 4.78 is 47.6. The maximum Gasteiger partial charge on any atom is 0.337 e. The van der Waals surface area contributed by atoms with Gasteiger partial charge in [0.25, 0.3) is 0 Å². The fraction of sp³-hybridized carbons (Fsp3) is 0.219. The Morgan fingerprint density at radius 2 is 1.86 bits per heavy atom. The molecule has 7 nitrogen and oxygen atoms in total. The number of hydrogen-bond donors (Lipinski definition) is 0. The van der Waals surface area contributed by atoms with Gasteiger partial charge in [-0.3, -0.25) is 4.68 Å². The maximum absolute atomic E-state index is 15.5. The van der Waals surface area contributed by atoms with Crippen molar-refractivity contribution in [1.29, 1.82) is 0 Å². The van der Waals surface area contributed by atoms with Gasteiger partial charge in [0.15, 0.2) is 0 Å². The van der Waals surface area contributed by atoms with Gasteiger partial charge in [0.05, 0.1) is 36.5 Å². The molecule has 6 rings (SSSR count). The van der Waals surface area contributed by atoms with E-state index < -0.39 is 17.6 Å². The van der Waals surface area contributed by atoms with E-state index >= 15 is 4.39 Å². The lowest BCUT2D eigenvalue weighted by Crippen LogP contribution is -2.30. The highest BCUT2D eigenvalue weighted by Crippen LogP contribution is 2.28. The number of carbonyl (C=O) groups is 1. The lowest BCUT2D eigenvalue weighted by atomic mass is 10.0. The molecule has 0 spiro atoms. The quantitative estimate of drug-likeness (QED) is 0.177. The molecule has 3 heterocycles. The van der Waals surface area contributed by atoms with Crippen LogP contribution in [0.25, 0.3) is 22.2 Å². The van der Waals surface area contributed by atoms with Crippen molar-refractivity contribution >= 4 is 28.5 Å². The van der Waals surface area contributed by atoms with Gasteiger partial charge in [0.1, 0.15) is 18.2 Å². The van der Waals surface area contributed by atoms with Crippen molar-refractivity contribution in [3.63, 3.8) is 0 Å². The monoisotopic (exact) mass is 589 g/mol. The summed E-state index contributed by atoms with van der Waals surface area (Å²) in [5.74, 6) is -1.03. The van der Waals surface area contributed by atoms with Crippen LogP contribution in [-0.4, -0.2) is 40.6 Å². The number of fused-ring (bicyclic) bond motifs is 1. The Hall–Kier alpha value is -4.34. The number of nitrogens with zero attached hydrogens (tertiary/aromatic N) is 3. The van der Waals surface area contributed by atoms with E-state index in [1.165, 1.54) is 19.2 Å². The third kappa shape index (κ3) is 5.84. The second-order valence-electron chi connectivity index (χ2n) is 10.0. The molecule has 5 aromatic rings. The van der Waals surface area contributed by atoms with E-state index in [0.717, 1.165) is 17.5 Å². The van der Waals surface area contributed by atoms with Crippen LogP contribution in [0.5, 0.6) is 5.88 Å². The molecule has 1 fully saturated rings. The average molecular weight is 590 g/mol. The molecule has 1 aliphatic heterocycles. The summed E-state index contributed by atoms with van der Waals surface area (Å²) in [6.45, 7) is 0.874. The zero-order valence-corrected chi connectivity index (χ0v) is 23.4. The smallest absolute Gasteiger partial charge is 0.337 e. The molecule has 3 aromatic carbocycles. The van der Waals surface area contributed by atoms with Gasteiger partial charge in [0, 0.05) is 51.9 Å². The summed E-state index contributed by atoms with van der Waals surface area (Å²) in [7, 11) is 1.34. The topological polar surface area (TPSA) is 75.5 Å². The molecule has 42 heavy (non-hydrogen) atoms. The number of esters is 1. The highest BCUT2D eigenvalue weighted by Gasteiger charge is 2.24. The Labute approximate surface area is 245 Å². The number of aromatic nitrogens is 3. The average Bonchev–Trinajstić information content (AvgIpc) is 3.31. The molecule has 0 N–H and O–H groups in total. The Kier molecular flexibility index (Phi) is 7.86. The minimum atomic E-state index is -0.464. The van der Waals surface area contributed by atoms with E-state index in [-0.39, 0.29) is 25.1 Å². The van der Waals surface area contributed by atoms with Crippen LogP contribution >= 0.6 is 11.6 Å². The summed E-state index contributed by atoms with van der Waals surface area (Å²) >= 11 is 5.82. The molecule has 1 saturated heterocycles. The first-order chi connectivity index (χ1) is 20.4. The molecule has 0 amide bonds. The molecule has 0 radical (unpaired) electrons. The fourth-order valence-corrected chi connectivity index (χ4v) is 5.04. The number of methoxy groups -OCH3 is 1. The van der Waals surface area contributed by atoms with Crippen LogP contribution in [0, 0.1) is 11.6 Å². The van der Waals surface area contributed by atoms with Gasteiger partial charge < -0.3 is 14.2 Å². The molecule has 1 aliphatic rings. The molecule has 1 unspecified atom stereocenters. The Balaban J connectivity index is 1.24. The summed E-state index contributed by atoms with van der Waals surface area (Å²) in [5.41, 5.74) is 3.86. The molecule has 0 saturated carbocycles. The van der Waals surface area contributed by atoms with Crippen LogP contribution in [-0.2, 0) is 29.0 Å². The second-order valence-corrected chi connectivity index (χ2v) is 10.4. The number of carbonyl (C=O) groups excluding carboxylic acids is 1. The first-order valence-corrected chi connectivity index (χ1v) is 13.8. The van der Waals surface area contributed by atoms with E-state index in [1.807, 2.05) is 0 Å². The van der Waals surface area contributed by atoms with Gasteiger partial charge in [-0.25, -0.2) is 18.6 Å². The van der Waals surface area contributed by atoms with Gasteiger partial charge in [-0.2, -0.15) is 5.10 Å². The Bertz CT molecular complexity index is 1790. The van der Waals surface area contributed by atoms with Crippen molar-refractivity contribution < 1.29 is 27.8 Å². The van der Waals surface area contributed by atoms with Crippen molar-refractivity contribution in [2.75, 3.05) is 13.7 Å². The van der Waals surface area contributed by atoms with Crippen LogP contribution in [0.3, 0.4) is 0 Å². The van der Waals surface area contributed by atoms with Crippen molar-refractivity contribution in [1.82, 2.24) is 14.8 Å². The summed E-state index contributed by atoms with van der Waals surface area (Å²) in [6, 6.07) is 19.6. The first kappa shape index (κ1) is 27.8. The van der Waals surface area contributed by atoms with Gasteiger partial charge in [-0.05, 0) is 48.9 Å². The van der Waals surface area contributed by atoms with Crippen LogP contribution in [0.15, 0.2) is 72.8 Å². The molecule has 0 bridgehead atoms. The number of halogens is 3. The van der Waals surface area contributed by atoms with E-state index in [9.17, 15) is 9.18 Å². The number of hydrogen-bond acceptors (Lipinski definition) is 6. The predicted molar refractivity (Wildman–Crippen MR) is 154 cm³/mol. The minimum absolute atomic E-state index is 0.0274. The van der Waals surface area contributed by atoms with Gasteiger partial charge in [-0.1, -0.05) is 35.9 Å². The lowest BCUT2D eigenvalue weighted by Gasteiger charge is -2.26. The Morgan fingerprint density at radius 3 is 2.60 bits per heavy atom. The van der Waals surface area contributed by atoms with Crippen molar-refractivity contribution in [3.8, 4) is 17.1 Å². The number of ether oxygens (including phenoxy) is 3. The van der Waals surface area contributed by atoms with E-state index in [2.05, 4.69) is 4.98 Å². The molecular formula is C32H26ClF2N3O4. The molecule has 2 aromatic heterocycles. The zero-order valence-electron chi connectivity index (χ0n) is 22.6. The second kappa shape index (κ2) is 11.9. The predicted octanol–water partition coefficient (Wildman–Crippen LogP) is 6.78. The third-order valence-corrected chi connectivity index (χ3v) is 7.50. The normalized spacial score (nSPS) is 14.5. The minimum Gasteiger partial charge on any atom is -0.473 e. The zero-order chi connectivity index (χ0) is 29.2. The standard InChI is InChI=1S/C32H26ClF2N3O4/c1-40-32(39)20-8-10-29-25(13-20)30(16-24-11-12-41-24)38(37-29)17-21-6-5-19(14-26(21)34)28-3-2-4-31(36-28)42-18-22-7-9-23(33)15-27(22)35/h2-10,13-15,24H,11-12,16-18H2,1H3. The first-order valence-electron chi connectivity index (χ1n) is 13.4. The van der Waals surface area contributed by atoms with Gasteiger partial charge in [-0.15, -0.1) is 0 Å². The molecule has 0 aliphatic carbocycles. The summed E-state index contributed by atoms with van der Waals surface area (Å²) in [5, 5.41) is 5.83. The number of benzene rings is 3. The van der Waals surface area contributed by atoms with Crippen LogP contribution < -0.4 is 4.74 Å². The fourth-order valence-electron chi connectivity index (χ4n) is 4.88.